The molecule has 0 fully saturated rings. The number of nitrogen functional groups attached to an aromatic ring is 1. The molecule has 2 rings (SSSR count). The van der Waals surface area contributed by atoms with Gasteiger partial charge in [0.15, 0.2) is 0 Å². The van der Waals surface area contributed by atoms with Gasteiger partial charge in [-0.3, -0.25) is 0 Å². The van der Waals surface area contributed by atoms with E-state index < -0.39 is 0 Å². The van der Waals surface area contributed by atoms with E-state index in [2.05, 4.69) is 31.2 Å². The minimum atomic E-state index is 0.755. The van der Waals surface area contributed by atoms with Gasteiger partial charge in [-0.2, -0.15) is 11.8 Å². The Morgan fingerprint density at radius 1 is 1.10 bits per heavy atom. The zero-order valence-electron chi connectivity index (χ0n) is 11.8. The highest BCUT2D eigenvalue weighted by atomic mass is 32.2. The first-order valence-corrected chi connectivity index (χ1v) is 8.01. The molecule has 0 saturated heterocycles. The van der Waals surface area contributed by atoms with Crippen LogP contribution in [0.25, 0.3) is 0 Å². The fourth-order valence-corrected chi connectivity index (χ4v) is 2.79. The van der Waals surface area contributed by atoms with Crippen LogP contribution in [0, 0.1) is 6.92 Å². The second-order valence-corrected chi connectivity index (χ2v) is 5.92. The van der Waals surface area contributed by atoms with Crippen LogP contribution in [0.5, 0.6) is 5.75 Å². The molecule has 0 aliphatic heterocycles. The Bertz CT molecular complexity index is 525. The summed E-state index contributed by atoms with van der Waals surface area (Å²) in [6, 6.07) is 16.2. The van der Waals surface area contributed by atoms with Crippen molar-refractivity contribution >= 4 is 17.4 Å². The van der Waals surface area contributed by atoms with E-state index in [1.807, 2.05) is 36.0 Å². The highest BCUT2D eigenvalue weighted by molar-refractivity contribution is 7.98. The predicted octanol–water partition coefficient (Wildman–Crippen LogP) is 4.28. The predicted molar refractivity (Wildman–Crippen MR) is 88.3 cm³/mol. The van der Waals surface area contributed by atoms with Gasteiger partial charge >= 0.3 is 0 Å². The number of anilines is 1. The van der Waals surface area contributed by atoms with Crippen molar-refractivity contribution in [3.8, 4) is 5.75 Å². The van der Waals surface area contributed by atoms with Crippen LogP contribution in [-0.4, -0.2) is 12.4 Å². The maximum absolute atomic E-state index is 5.66. The Balaban J connectivity index is 1.59. The van der Waals surface area contributed by atoms with E-state index in [4.69, 9.17) is 10.5 Å². The highest BCUT2D eigenvalue weighted by Gasteiger charge is 1.96. The summed E-state index contributed by atoms with van der Waals surface area (Å²) in [6.45, 7) is 2.89. The SMILES string of the molecule is Cc1cccc(CSCCCOc2ccc(N)cc2)c1. The zero-order valence-corrected chi connectivity index (χ0v) is 12.7. The minimum Gasteiger partial charge on any atom is -0.494 e. The van der Waals surface area contributed by atoms with Gasteiger partial charge in [-0.05, 0) is 48.9 Å². The molecule has 0 heterocycles. The average Bonchev–Trinajstić information content (AvgIpc) is 2.45. The second-order valence-electron chi connectivity index (χ2n) is 4.81. The van der Waals surface area contributed by atoms with Gasteiger partial charge in [-0.25, -0.2) is 0 Å². The summed E-state index contributed by atoms with van der Waals surface area (Å²) in [5.74, 6) is 3.08. The number of benzene rings is 2. The maximum Gasteiger partial charge on any atom is 0.119 e. The van der Waals surface area contributed by atoms with E-state index >= 15 is 0 Å². The van der Waals surface area contributed by atoms with Crippen molar-refractivity contribution in [1.82, 2.24) is 0 Å². The molecule has 20 heavy (non-hydrogen) atoms. The van der Waals surface area contributed by atoms with E-state index in [0.717, 1.165) is 36.0 Å². The van der Waals surface area contributed by atoms with Crippen LogP contribution >= 0.6 is 11.8 Å². The summed E-state index contributed by atoms with van der Waals surface area (Å²) < 4.78 is 5.66. The first-order valence-electron chi connectivity index (χ1n) is 6.86. The molecular weight excluding hydrogens is 266 g/mol. The zero-order chi connectivity index (χ0) is 14.2. The topological polar surface area (TPSA) is 35.2 Å². The molecule has 2 aromatic carbocycles. The highest BCUT2D eigenvalue weighted by Crippen LogP contribution is 2.16. The van der Waals surface area contributed by atoms with Crippen molar-refractivity contribution in [1.29, 1.82) is 0 Å². The number of thioether (sulfide) groups is 1. The summed E-state index contributed by atoms with van der Waals surface area (Å²) in [6.07, 6.45) is 1.06. The Hall–Kier alpha value is -1.61. The van der Waals surface area contributed by atoms with Crippen LogP contribution in [0.3, 0.4) is 0 Å². The third-order valence-electron chi connectivity index (χ3n) is 2.93. The van der Waals surface area contributed by atoms with E-state index in [1.165, 1.54) is 11.1 Å². The van der Waals surface area contributed by atoms with Crippen LogP contribution < -0.4 is 10.5 Å². The lowest BCUT2D eigenvalue weighted by Gasteiger charge is -2.06. The lowest BCUT2D eigenvalue weighted by molar-refractivity contribution is 0.319. The fourth-order valence-electron chi connectivity index (χ4n) is 1.91. The molecule has 0 aliphatic rings. The van der Waals surface area contributed by atoms with Crippen molar-refractivity contribution in [2.45, 2.75) is 19.1 Å². The minimum absolute atomic E-state index is 0.755. The molecular formula is C17H21NOS. The number of aryl methyl sites for hydroxylation is 1. The van der Waals surface area contributed by atoms with Crippen molar-refractivity contribution < 1.29 is 4.74 Å². The molecule has 0 bridgehead atoms. The lowest BCUT2D eigenvalue weighted by atomic mass is 10.2. The van der Waals surface area contributed by atoms with Crippen molar-refractivity contribution in [3.05, 3.63) is 59.7 Å². The number of nitrogens with two attached hydrogens (primary N) is 1. The van der Waals surface area contributed by atoms with Crippen LogP contribution in [0.2, 0.25) is 0 Å². The normalized spacial score (nSPS) is 10.4. The molecule has 0 aliphatic carbocycles. The standard InChI is InChI=1S/C17H21NOS/c1-14-4-2-5-15(12-14)13-20-11-3-10-19-17-8-6-16(18)7-9-17/h2,4-9,12H,3,10-11,13,18H2,1H3. The van der Waals surface area contributed by atoms with Gasteiger partial charge in [0.25, 0.3) is 0 Å². The Morgan fingerprint density at radius 3 is 2.65 bits per heavy atom. The van der Waals surface area contributed by atoms with Crippen LogP contribution in [-0.2, 0) is 5.75 Å². The molecule has 0 unspecified atom stereocenters. The maximum atomic E-state index is 5.66. The molecule has 3 heteroatoms. The Labute approximate surface area is 125 Å². The third kappa shape index (κ3) is 5.17. The van der Waals surface area contributed by atoms with E-state index in [9.17, 15) is 0 Å². The monoisotopic (exact) mass is 287 g/mol. The first-order chi connectivity index (χ1) is 9.74. The summed E-state index contributed by atoms with van der Waals surface area (Å²) in [5.41, 5.74) is 9.12. The van der Waals surface area contributed by atoms with Gasteiger partial charge in [0.05, 0.1) is 6.61 Å². The molecule has 0 spiro atoms. The first kappa shape index (κ1) is 14.8. The largest absolute Gasteiger partial charge is 0.494 e. The van der Waals surface area contributed by atoms with Gasteiger partial charge in [-0.15, -0.1) is 0 Å². The lowest BCUT2D eigenvalue weighted by Crippen LogP contribution is -1.99. The van der Waals surface area contributed by atoms with Gasteiger partial charge in [0.2, 0.25) is 0 Å². The Morgan fingerprint density at radius 2 is 1.90 bits per heavy atom. The summed E-state index contributed by atoms with van der Waals surface area (Å²) in [7, 11) is 0. The molecule has 2 nitrogen and oxygen atoms in total. The van der Waals surface area contributed by atoms with Gasteiger partial charge in [-0.1, -0.05) is 29.8 Å². The summed E-state index contributed by atoms with van der Waals surface area (Å²) >= 11 is 1.95. The molecule has 2 aromatic rings. The third-order valence-corrected chi connectivity index (χ3v) is 4.05. The summed E-state index contributed by atoms with van der Waals surface area (Å²) in [4.78, 5) is 0. The molecule has 0 amide bonds. The van der Waals surface area contributed by atoms with Crippen molar-refractivity contribution in [2.75, 3.05) is 18.1 Å². The van der Waals surface area contributed by atoms with Gasteiger partial charge in [0, 0.05) is 11.4 Å². The van der Waals surface area contributed by atoms with E-state index in [-0.39, 0.29) is 0 Å². The number of rotatable bonds is 7. The quantitative estimate of drug-likeness (QED) is 0.610. The molecule has 106 valence electrons. The Kier molecular flexibility index (Phi) is 5.81. The number of hydrogen-bond acceptors (Lipinski definition) is 3. The average molecular weight is 287 g/mol. The molecule has 0 radical (unpaired) electrons. The number of hydrogen-bond donors (Lipinski definition) is 1. The van der Waals surface area contributed by atoms with Crippen LogP contribution in [0.1, 0.15) is 17.5 Å². The fraction of sp³-hybridized carbons (Fsp3) is 0.294. The smallest absolute Gasteiger partial charge is 0.119 e. The molecule has 2 N–H and O–H groups in total. The van der Waals surface area contributed by atoms with Crippen molar-refractivity contribution in [3.63, 3.8) is 0 Å². The van der Waals surface area contributed by atoms with Gasteiger partial charge in [0.1, 0.15) is 5.75 Å². The molecule has 0 atom stereocenters. The molecule has 0 aromatic heterocycles. The van der Waals surface area contributed by atoms with Gasteiger partial charge < -0.3 is 10.5 Å². The van der Waals surface area contributed by atoms with Crippen molar-refractivity contribution in [2.24, 2.45) is 0 Å². The second kappa shape index (κ2) is 7.85. The number of ether oxygens (including phenoxy) is 1. The molecule has 0 saturated carbocycles. The van der Waals surface area contributed by atoms with E-state index in [1.54, 1.807) is 0 Å². The summed E-state index contributed by atoms with van der Waals surface area (Å²) in [5, 5.41) is 0. The van der Waals surface area contributed by atoms with Crippen LogP contribution in [0.4, 0.5) is 5.69 Å². The van der Waals surface area contributed by atoms with Crippen LogP contribution in [0.15, 0.2) is 48.5 Å². The van der Waals surface area contributed by atoms with E-state index in [0.29, 0.717) is 0 Å².